The van der Waals surface area contributed by atoms with Crippen LogP contribution in [0, 0.1) is 5.92 Å². The molecule has 1 fully saturated rings. The highest BCUT2D eigenvalue weighted by Crippen LogP contribution is 2.34. The molecule has 0 spiro atoms. The first-order chi connectivity index (χ1) is 9.52. The van der Waals surface area contributed by atoms with Gasteiger partial charge in [-0.1, -0.05) is 37.3 Å². The summed E-state index contributed by atoms with van der Waals surface area (Å²) in [5, 5.41) is 11.9. The van der Waals surface area contributed by atoms with Crippen molar-refractivity contribution in [3.05, 3.63) is 35.9 Å². The Morgan fingerprint density at radius 2 is 2.10 bits per heavy atom. The number of carboxylic acids is 1. The lowest BCUT2D eigenvalue weighted by Gasteiger charge is -2.25. The van der Waals surface area contributed by atoms with Crippen LogP contribution in [0.1, 0.15) is 31.7 Å². The highest BCUT2D eigenvalue weighted by atomic mass is 16.5. The van der Waals surface area contributed by atoms with Crippen molar-refractivity contribution >= 4 is 12.1 Å². The summed E-state index contributed by atoms with van der Waals surface area (Å²) in [5.41, 5.74) is -0.306. The number of nitrogens with one attached hydrogen (secondary N) is 1. The van der Waals surface area contributed by atoms with Crippen LogP contribution in [-0.4, -0.2) is 22.7 Å². The van der Waals surface area contributed by atoms with E-state index in [-0.39, 0.29) is 6.61 Å². The predicted molar refractivity (Wildman–Crippen MR) is 73.1 cm³/mol. The first kappa shape index (κ1) is 14.4. The molecule has 0 saturated heterocycles. The quantitative estimate of drug-likeness (QED) is 0.886. The van der Waals surface area contributed by atoms with Crippen molar-refractivity contribution < 1.29 is 19.4 Å². The van der Waals surface area contributed by atoms with E-state index in [4.69, 9.17) is 4.74 Å². The van der Waals surface area contributed by atoms with Gasteiger partial charge in [0.1, 0.15) is 12.1 Å². The van der Waals surface area contributed by atoms with Gasteiger partial charge in [0, 0.05) is 0 Å². The Hall–Kier alpha value is -2.04. The Morgan fingerprint density at radius 3 is 2.65 bits per heavy atom. The largest absolute Gasteiger partial charge is 0.480 e. The van der Waals surface area contributed by atoms with Gasteiger partial charge in [-0.2, -0.15) is 0 Å². The Labute approximate surface area is 117 Å². The van der Waals surface area contributed by atoms with Crippen LogP contribution in [0.25, 0.3) is 0 Å². The van der Waals surface area contributed by atoms with Crippen LogP contribution in [0.4, 0.5) is 4.79 Å². The van der Waals surface area contributed by atoms with E-state index >= 15 is 0 Å². The van der Waals surface area contributed by atoms with Crippen LogP contribution in [0.15, 0.2) is 30.3 Å². The molecular formula is C15H19NO4. The van der Waals surface area contributed by atoms with Crippen molar-refractivity contribution in [2.24, 2.45) is 5.92 Å². The molecule has 0 aliphatic heterocycles. The van der Waals surface area contributed by atoms with Gasteiger partial charge in [-0.3, -0.25) is 0 Å². The zero-order valence-electron chi connectivity index (χ0n) is 11.5. The number of hydrogen-bond acceptors (Lipinski definition) is 3. The summed E-state index contributed by atoms with van der Waals surface area (Å²) in [6, 6.07) is 9.28. The summed E-state index contributed by atoms with van der Waals surface area (Å²) in [5.74, 6) is -0.695. The Bertz CT molecular complexity index is 488. The fraction of sp³-hybridized carbons (Fsp3) is 0.467. The lowest BCUT2D eigenvalue weighted by molar-refractivity contribution is -0.144. The lowest BCUT2D eigenvalue weighted by Crippen LogP contribution is -2.52. The predicted octanol–water partition coefficient (Wildman–Crippen LogP) is 2.56. The van der Waals surface area contributed by atoms with Gasteiger partial charge < -0.3 is 15.2 Å². The third-order valence-corrected chi connectivity index (χ3v) is 3.72. The van der Waals surface area contributed by atoms with E-state index in [1.807, 2.05) is 37.3 Å². The molecule has 0 bridgehead atoms. The third-order valence-electron chi connectivity index (χ3n) is 3.72. The molecule has 1 saturated carbocycles. The Morgan fingerprint density at radius 1 is 1.40 bits per heavy atom. The zero-order chi connectivity index (χ0) is 14.6. The van der Waals surface area contributed by atoms with Crippen molar-refractivity contribution in [1.82, 2.24) is 5.32 Å². The normalized spacial score (nSPS) is 25.1. The lowest BCUT2D eigenvalue weighted by atomic mass is 9.97. The van der Waals surface area contributed by atoms with Crippen LogP contribution < -0.4 is 5.32 Å². The van der Waals surface area contributed by atoms with E-state index in [0.717, 1.165) is 12.0 Å². The minimum Gasteiger partial charge on any atom is -0.480 e. The zero-order valence-corrected chi connectivity index (χ0v) is 11.5. The average Bonchev–Trinajstić information content (AvgIpc) is 2.80. The summed E-state index contributed by atoms with van der Waals surface area (Å²) < 4.78 is 5.09. The molecule has 20 heavy (non-hydrogen) atoms. The smallest absolute Gasteiger partial charge is 0.408 e. The fourth-order valence-corrected chi connectivity index (χ4v) is 2.61. The molecule has 5 nitrogen and oxygen atoms in total. The van der Waals surface area contributed by atoms with Crippen LogP contribution in [0.5, 0.6) is 0 Å². The van der Waals surface area contributed by atoms with E-state index in [1.54, 1.807) is 0 Å². The van der Waals surface area contributed by atoms with Gasteiger partial charge in [0.15, 0.2) is 0 Å². The number of carbonyl (C=O) groups excluding carboxylic acids is 1. The van der Waals surface area contributed by atoms with E-state index in [9.17, 15) is 14.7 Å². The van der Waals surface area contributed by atoms with Gasteiger partial charge in [-0.25, -0.2) is 9.59 Å². The molecule has 1 aromatic carbocycles. The third kappa shape index (κ3) is 3.29. The van der Waals surface area contributed by atoms with Gasteiger partial charge in [0.2, 0.25) is 0 Å². The standard InChI is InChI=1S/C15H19NO4/c1-11-7-8-15(9-11,13(17)18)16-14(19)20-10-12-5-3-2-4-6-12/h2-6,11H,7-10H2,1H3,(H,16,19)(H,17,18)/t11-,15+/m1/s1. The number of ether oxygens (including phenoxy) is 1. The number of alkyl carbamates (subject to hydrolysis) is 1. The van der Waals surface area contributed by atoms with E-state index in [1.165, 1.54) is 0 Å². The molecular weight excluding hydrogens is 258 g/mol. The molecule has 0 unspecified atom stereocenters. The molecule has 0 radical (unpaired) electrons. The maximum Gasteiger partial charge on any atom is 0.408 e. The highest BCUT2D eigenvalue weighted by molar-refractivity contribution is 5.84. The number of carbonyl (C=O) groups is 2. The van der Waals surface area contributed by atoms with Crippen LogP contribution in [-0.2, 0) is 16.1 Å². The number of benzene rings is 1. The van der Waals surface area contributed by atoms with Gasteiger partial charge in [0.05, 0.1) is 0 Å². The minimum atomic E-state index is -1.17. The molecule has 2 atom stereocenters. The number of carboxylic acid groups (broad SMARTS) is 1. The van der Waals surface area contributed by atoms with Crippen molar-refractivity contribution in [2.45, 2.75) is 38.3 Å². The van der Waals surface area contributed by atoms with Gasteiger partial charge >= 0.3 is 12.1 Å². The van der Waals surface area contributed by atoms with Crippen molar-refractivity contribution in [2.75, 3.05) is 0 Å². The maximum atomic E-state index is 11.8. The van der Waals surface area contributed by atoms with Gasteiger partial charge in [0.25, 0.3) is 0 Å². The molecule has 0 aromatic heterocycles. The molecule has 1 aliphatic rings. The Balaban J connectivity index is 1.91. The summed E-state index contributed by atoms with van der Waals surface area (Å²) in [4.78, 5) is 23.2. The van der Waals surface area contributed by atoms with Crippen molar-refractivity contribution in [1.29, 1.82) is 0 Å². The molecule has 5 heteroatoms. The topological polar surface area (TPSA) is 75.6 Å². The second-order valence-corrected chi connectivity index (χ2v) is 5.42. The van der Waals surface area contributed by atoms with E-state index < -0.39 is 17.6 Å². The van der Waals surface area contributed by atoms with Crippen molar-refractivity contribution in [3.8, 4) is 0 Å². The first-order valence-corrected chi connectivity index (χ1v) is 6.74. The van der Waals surface area contributed by atoms with Gasteiger partial charge in [-0.15, -0.1) is 0 Å². The molecule has 1 amide bonds. The number of rotatable bonds is 4. The SMILES string of the molecule is C[C@@H]1CC[C@@](NC(=O)OCc2ccccc2)(C(=O)O)C1. The molecule has 2 rings (SSSR count). The summed E-state index contributed by atoms with van der Waals surface area (Å²) in [6.07, 6.45) is 1.02. The Kier molecular flexibility index (Phi) is 4.27. The fourth-order valence-electron chi connectivity index (χ4n) is 2.61. The molecule has 1 aliphatic carbocycles. The summed E-state index contributed by atoms with van der Waals surface area (Å²) in [6.45, 7) is 2.12. The average molecular weight is 277 g/mol. The van der Waals surface area contributed by atoms with E-state index in [2.05, 4.69) is 5.32 Å². The molecule has 108 valence electrons. The summed E-state index contributed by atoms with van der Waals surface area (Å²) >= 11 is 0. The number of hydrogen-bond donors (Lipinski definition) is 2. The van der Waals surface area contributed by atoms with Gasteiger partial charge in [-0.05, 0) is 30.7 Å². The molecule has 2 N–H and O–H groups in total. The number of aliphatic carboxylic acids is 1. The van der Waals surface area contributed by atoms with Crippen LogP contribution >= 0.6 is 0 Å². The maximum absolute atomic E-state index is 11.8. The van der Waals surface area contributed by atoms with Crippen molar-refractivity contribution in [3.63, 3.8) is 0 Å². The minimum absolute atomic E-state index is 0.137. The highest BCUT2D eigenvalue weighted by Gasteiger charge is 2.45. The van der Waals surface area contributed by atoms with Crippen LogP contribution in [0.3, 0.4) is 0 Å². The van der Waals surface area contributed by atoms with E-state index in [0.29, 0.717) is 18.8 Å². The number of amides is 1. The monoisotopic (exact) mass is 277 g/mol. The molecule has 1 aromatic rings. The first-order valence-electron chi connectivity index (χ1n) is 6.74. The molecule has 0 heterocycles. The summed E-state index contributed by atoms with van der Waals surface area (Å²) in [7, 11) is 0. The second kappa shape index (κ2) is 5.94. The van der Waals surface area contributed by atoms with Crippen LogP contribution in [0.2, 0.25) is 0 Å². The second-order valence-electron chi connectivity index (χ2n) is 5.42.